The van der Waals surface area contributed by atoms with Crippen molar-refractivity contribution in [2.75, 3.05) is 19.6 Å². The van der Waals surface area contributed by atoms with Crippen molar-refractivity contribution in [3.63, 3.8) is 0 Å². The number of amides is 1. The number of carbonyl (C=O) groups is 1. The van der Waals surface area contributed by atoms with Gasteiger partial charge in [0.15, 0.2) is 0 Å². The van der Waals surface area contributed by atoms with Gasteiger partial charge in [-0.15, -0.1) is 0 Å². The molecule has 2 unspecified atom stereocenters. The van der Waals surface area contributed by atoms with Gasteiger partial charge in [-0.2, -0.15) is 0 Å². The van der Waals surface area contributed by atoms with Crippen molar-refractivity contribution in [3.8, 4) is 0 Å². The molecule has 0 saturated carbocycles. The number of rotatable bonds is 4. The molecular formula is C12H25N3O. The maximum absolute atomic E-state index is 11.5. The van der Waals surface area contributed by atoms with Gasteiger partial charge in [0, 0.05) is 44.2 Å². The van der Waals surface area contributed by atoms with Crippen LogP contribution < -0.4 is 10.6 Å². The molecule has 1 rings (SSSR count). The zero-order valence-electron chi connectivity index (χ0n) is 10.9. The predicted octanol–water partition coefficient (Wildman–Crippen LogP) is 0.583. The zero-order chi connectivity index (χ0) is 12.1. The summed E-state index contributed by atoms with van der Waals surface area (Å²) < 4.78 is 0. The van der Waals surface area contributed by atoms with E-state index in [4.69, 9.17) is 0 Å². The highest BCUT2D eigenvalue weighted by atomic mass is 16.1. The second-order valence-electron chi connectivity index (χ2n) is 5.20. The summed E-state index contributed by atoms with van der Waals surface area (Å²) in [7, 11) is 0. The van der Waals surface area contributed by atoms with E-state index in [0.29, 0.717) is 18.5 Å². The summed E-state index contributed by atoms with van der Waals surface area (Å²) in [4.78, 5) is 13.9. The lowest BCUT2D eigenvalue weighted by Crippen LogP contribution is -2.54. The predicted molar refractivity (Wildman–Crippen MR) is 66.4 cm³/mol. The van der Waals surface area contributed by atoms with Gasteiger partial charge in [-0.05, 0) is 27.7 Å². The fraction of sp³-hybridized carbons (Fsp3) is 0.917. The Labute approximate surface area is 98.8 Å². The normalized spacial score (nSPS) is 27.1. The van der Waals surface area contributed by atoms with E-state index < -0.39 is 0 Å². The van der Waals surface area contributed by atoms with Crippen molar-refractivity contribution < 1.29 is 4.79 Å². The van der Waals surface area contributed by atoms with E-state index in [1.807, 2.05) is 13.8 Å². The van der Waals surface area contributed by atoms with Gasteiger partial charge in [0.1, 0.15) is 0 Å². The summed E-state index contributed by atoms with van der Waals surface area (Å²) in [6.45, 7) is 11.3. The van der Waals surface area contributed by atoms with E-state index in [9.17, 15) is 4.79 Å². The average molecular weight is 227 g/mol. The van der Waals surface area contributed by atoms with Crippen LogP contribution in [0.15, 0.2) is 0 Å². The first kappa shape index (κ1) is 13.5. The zero-order valence-corrected chi connectivity index (χ0v) is 10.9. The van der Waals surface area contributed by atoms with E-state index in [2.05, 4.69) is 29.4 Å². The van der Waals surface area contributed by atoms with Crippen LogP contribution in [0.4, 0.5) is 0 Å². The van der Waals surface area contributed by atoms with Crippen LogP contribution in [0.5, 0.6) is 0 Å². The van der Waals surface area contributed by atoms with Crippen LogP contribution in [0.25, 0.3) is 0 Å². The van der Waals surface area contributed by atoms with E-state index in [0.717, 1.165) is 19.6 Å². The van der Waals surface area contributed by atoms with Crippen molar-refractivity contribution in [2.24, 2.45) is 0 Å². The molecule has 1 saturated heterocycles. The summed E-state index contributed by atoms with van der Waals surface area (Å²) in [6, 6.07) is 1.29. The van der Waals surface area contributed by atoms with Crippen LogP contribution in [0.1, 0.15) is 34.1 Å². The molecular weight excluding hydrogens is 202 g/mol. The first-order valence-electron chi connectivity index (χ1n) is 6.25. The standard InChI is InChI=1S/C12H25N3O/c1-9(2)13-12(16)5-6-15-7-10(3)14-11(4)8-15/h9-11,14H,5-8H2,1-4H3,(H,13,16). The third-order valence-electron chi connectivity index (χ3n) is 2.74. The van der Waals surface area contributed by atoms with Crippen LogP contribution in [0.2, 0.25) is 0 Å². The number of hydrogen-bond acceptors (Lipinski definition) is 3. The van der Waals surface area contributed by atoms with E-state index in [1.165, 1.54) is 0 Å². The first-order valence-corrected chi connectivity index (χ1v) is 6.25. The molecule has 1 heterocycles. The highest BCUT2D eigenvalue weighted by molar-refractivity contribution is 5.76. The lowest BCUT2D eigenvalue weighted by Gasteiger charge is -2.36. The van der Waals surface area contributed by atoms with Crippen LogP contribution in [0, 0.1) is 0 Å². The Kier molecular flexibility index (Phi) is 5.22. The van der Waals surface area contributed by atoms with Gasteiger partial charge < -0.3 is 10.6 Å². The molecule has 94 valence electrons. The number of carbonyl (C=O) groups excluding carboxylic acids is 1. The topological polar surface area (TPSA) is 44.4 Å². The first-order chi connectivity index (χ1) is 7.47. The number of nitrogens with one attached hydrogen (secondary N) is 2. The molecule has 16 heavy (non-hydrogen) atoms. The largest absolute Gasteiger partial charge is 0.354 e. The van der Waals surface area contributed by atoms with Crippen molar-refractivity contribution in [1.82, 2.24) is 15.5 Å². The Morgan fingerprint density at radius 3 is 2.44 bits per heavy atom. The van der Waals surface area contributed by atoms with Crippen molar-refractivity contribution in [1.29, 1.82) is 0 Å². The summed E-state index contributed by atoms with van der Waals surface area (Å²) in [5.74, 6) is 0.161. The van der Waals surface area contributed by atoms with E-state index in [1.54, 1.807) is 0 Å². The highest BCUT2D eigenvalue weighted by Gasteiger charge is 2.20. The van der Waals surface area contributed by atoms with E-state index in [-0.39, 0.29) is 11.9 Å². The number of hydrogen-bond donors (Lipinski definition) is 2. The molecule has 0 spiro atoms. The molecule has 0 radical (unpaired) electrons. The quantitative estimate of drug-likeness (QED) is 0.738. The van der Waals surface area contributed by atoms with Gasteiger partial charge in [0.05, 0.1) is 0 Å². The molecule has 0 aromatic heterocycles. The SMILES string of the molecule is CC(C)NC(=O)CCN1CC(C)NC(C)C1. The molecule has 0 bridgehead atoms. The molecule has 2 N–H and O–H groups in total. The summed E-state index contributed by atoms with van der Waals surface area (Å²) in [6.07, 6.45) is 0.609. The summed E-state index contributed by atoms with van der Waals surface area (Å²) >= 11 is 0. The van der Waals surface area contributed by atoms with Crippen molar-refractivity contribution >= 4 is 5.91 Å². The van der Waals surface area contributed by atoms with Crippen LogP contribution in [0.3, 0.4) is 0 Å². The minimum absolute atomic E-state index is 0.161. The van der Waals surface area contributed by atoms with Crippen LogP contribution in [-0.2, 0) is 4.79 Å². The van der Waals surface area contributed by atoms with Gasteiger partial charge in [-0.1, -0.05) is 0 Å². The average Bonchev–Trinajstić information content (AvgIpc) is 2.12. The molecule has 0 aromatic carbocycles. The second kappa shape index (κ2) is 6.21. The maximum atomic E-state index is 11.5. The Bertz CT molecular complexity index is 220. The molecule has 1 aliphatic rings. The molecule has 1 fully saturated rings. The van der Waals surface area contributed by atoms with Gasteiger partial charge in [0.2, 0.25) is 5.91 Å². The molecule has 1 aliphatic heterocycles. The monoisotopic (exact) mass is 227 g/mol. The van der Waals surface area contributed by atoms with E-state index >= 15 is 0 Å². The highest BCUT2D eigenvalue weighted by Crippen LogP contribution is 2.04. The molecule has 0 aliphatic carbocycles. The third kappa shape index (κ3) is 4.94. The van der Waals surface area contributed by atoms with Gasteiger partial charge in [-0.3, -0.25) is 9.69 Å². The van der Waals surface area contributed by atoms with Gasteiger partial charge >= 0.3 is 0 Å². The van der Waals surface area contributed by atoms with Gasteiger partial charge in [0.25, 0.3) is 0 Å². The Balaban J connectivity index is 2.24. The molecule has 2 atom stereocenters. The second-order valence-corrected chi connectivity index (χ2v) is 5.20. The number of nitrogens with zero attached hydrogens (tertiary/aromatic N) is 1. The number of piperazine rings is 1. The minimum atomic E-state index is 0.161. The lowest BCUT2D eigenvalue weighted by molar-refractivity contribution is -0.122. The Morgan fingerprint density at radius 2 is 1.94 bits per heavy atom. The van der Waals surface area contributed by atoms with Crippen LogP contribution >= 0.6 is 0 Å². The fourth-order valence-electron chi connectivity index (χ4n) is 2.28. The Morgan fingerprint density at radius 1 is 1.38 bits per heavy atom. The van der Waals surface area contributed by atoms with Crippen molar-refractivity contribution in [3.05, 3.63) is 0 Å². The Hall–Kier alpha value is -0.610. The van der Waals surface area contributed by atoms with Crippen LogP contribution in [-0.4, -0.2) is 48.6 Å². The van der Waals surface area contributed by atoms with Gasteiger partial charge in [-0.25, -0.2) is 0 Å². The lowest BCUT2D eigenvalue weighted by atomic mass is 10.1. The molecule has 0 aromatic rings. The third-order valence-corrected chi connectivity index (χ3v) is 2.74. The smallest absolute Gasteiger partial charge is 0.221 e. The molecule has 4 heteroatoms. The maximum Gasteiger partial charge on any atom is 0.221 e. The van der Waals surface area contributed by atoms with Crippen molar-refractivity contribution in [2.45, 2.75) is 52.2 Å². The molecule has 1 amide bonds. The minimum Gasteiger partial charge on any atom is -0.354 e. The molecule has 4 nitrogen and oxygen atoms in total. The fourth-order valence-corrected chi connectivity index (χ4v) is 2.28. The summed E-state index contributed by atoms with van der Waals surface area (Å²) in [5.41, 5.74) is 0. The summed E-state index contributed by atoms with van der Waals surface area (Å²) in [5, 5.41) is 6.41.